The normalized spacial score (nSPS) is 17.0. The number of amides is 2. The van der Waals surface area contributed by atoms with E-state index in [1.807, 2.05) is 36.1 Å². The number of nitrogens with zero attached hydrogens (tertiary/aromatic N) is 4. The Morgan fingerprint density at radius 1 is 1.26 bits per heavy atom. The van der Waals surface area contributed by atoms with Gasteiger partial charge in [-0.2, -0.15) is 0 Å². The number of piperidine rings is 1. The summed E-state index contributed by atoms with van der Waals surface area (Å²) in [4.78, 5) is 14.3. The average Bonchev–Trinajstić information content (AvgIpc) is 3.29. The predicted octanol–water partition coefficient (Wildman–Crippen LogP) is 2.50. The van der Waals surface area contributed by atoms with Crippen LogP contribution in [0.2, 0.25) is 0 Å². The van der Waals surface area contributed by atoms with Crippen LogP contribution >= 0.6 is 0 Å². The number of aromatic nitrogens is 3. The third-order valence-electron chi connectivity index (χ3n) is 5.42. The zero-order valence-corrected chi connectivity index (χ0v) is 15.9. The van der Waals surface area contributed by atoms with E-state index in [1.54, 1.807) is 0 Å². The zero-order chi connectivity index (χ0) is 18.6. The molecule has 1 aromatic carbocycles. The number of urea groups is 1. The Labute approximate surface area is 159 Å². The van der Waals surface area contributed by atoms with Crippen molar-refractivity contribution in [1.82, 2.24) is 25.0 Å². The lowest BCUT2D eigenvalue weighted by Gasteiger charge is -2.31. The molecule has 27 heavy (non-hydrogen) atoms. The highest BCUT2D eigenvalue weighted by atomic mass is 16.5. The molecular weight excluding hydrogens is 342 g/mol. The van der Waals surface area contributed by atoms with Crippen LogP contribution in [-0.2, 0) is 13.0 Å². The van der Waals surface area contributed by atoms with Crippen LogP contribution in [0, 0.1) is 6.92 Å². The zero-order valence-electron chi connectivity index (χ0n) is 15.9. The number of rotatable bonds is 5. The maximum Gasteiger partial charge on any atom is 0.317 e. The summed E-state index contributed by atoms with van der Waals surface area (Å²) in [6.07, 6.45) is 4.11. The van der Waals surface area contributed by atoms with Gasteiger partial charge in [-0.3, -0.25) is 0 Å². The third kappa shape index (κ3) is 4.07. The van der Waals surface area contributed by atoms with E-state index in [0.29, 0.717) is 19.1 Å². The second-order valence-corrected chi connectivity index (χ2v) is 7.39. The molecule has 2 aromatic rings. The minimum Gasteiger partial charge on any atom is -0.492 e. The van der Waals surface area contributed by atoms with Gasteiger partial charge in [0.2, 0.25) is 0 Å². The summed E-state index contributed by atoms with van der Waals surface area (Å²) >= 11 is 0. The Balaban J connectivity index is 1.19. The van der Waals surface area contributed by atoms with Crippen molar-refractivity contribution >= 4 is 6.03 Å². The van der Waals surface area contributed by atoms with Gasteiger partial charge < -0.3 is 19.5 Å². The number of carbonyl (C=O) groups excluding carboxylic acids is 1. The van der Waals surface area contributed by atoms with Crippen LogP contribution in [0.15, 0.2) is 24.3 Å². The number of aryl methyl sites for hydroxylation is 2. The molecule has 7 nitrogen and oxygen atoms in total. The van der Waals surface area contributed by atoms with Gasteiger partial charge in [0.15, 0.2) is 0 Å². The summed E-state index contributed by atoms with van der Waals surface area (Å²) in [5.74, 6) is 3.50. The van der Waals surface area contributed by atoms with Crippen molar-refractivity contribution < 1.29 is 9.53 Å². The minimum atomic E-state index is -0.00670. The second kappa shape index (κ2) is 7.98. The van der Waals surface area contributed by atoms with Crippen molar-refractivity contribution in [3.63, 3.8) is 0 Å². The topological polar surface area (TPSA) is 72.3 Å². The second-order valence-electron chi connectivity index (χ2n) is 7.39. The van der Waals surface area contributed by atoms with Crippen LogP contribution in [0.5, 0.6) is 5.75 Å². The number of hydrogen-bond acceptors (Lipinski definition) is 4. The van der Waals surface area contributed by atoms with Crippen LogP contribution < -0.4 is 10.1 Å². The molecule has 1 N–H and O–H groups in total. The van der Waals surface area contributed by atoms with Gasteiger partial charge in [0.05, 0.1) is 6.54 Å². The fraction of sp³-hybridized carbons (Fsp3) is 0.550. The van der Waals surface area contributed by atoms with Gasteiger partial charge in [-0.25, -0.2) is 4.79 Å². The first-order valence-electron chi connectivity index (χ1n) is 9.85. The first-order chi connectivity index (χ1) is 13.2. The van der Waals surface area contributed by atoms with E-state index in [-0.39, 0.29) is 6.03 Å². The van der Waals surface area contributed by atoms with E-state index in [0.717, 1.165) is 61.9 Å². The van der Waals surface area contributed by atoms with Gasteiger partial charge in [0.25, 0.3) is 0 Å². The molecule has 1 saturated heterocycles. The van der Waals surface area contributed by atoms with E-state index in [1.165, 1.54) is 6.42 Å². The molecule has 7 heteroatoms. The number of likely N-dealkylation sites (tertiary alicyclic amines) is 1. The van der Waals surface area contributed by atoms with Gasteiger partial charge in [0, 0.05) is 32.0 Å². The lowest BCUT2D eigenvalue weighted by Crippen LogP contribution is -2.45. The quantitative estimate of drug-likeness (QED) is 0.822. The van der Waals surface area contributed by atoms with Gasteiger partial charge in [-0.05, 0) is 43.9 Å². The van der Waals surface area contributed by atoms with Crippen molar-refractivity contribution in [2.24, 2.45) is 0 Å². The Kier molecular flexibility index (Phi) is 5.27. The largest absolute Gasteiger partial charge is 0.492 e. The molecule has 0 aliphatic carbocycles. The number of benzene rings is 1. The van der Waals surface area contributed by atoms with Crippen molar-refractivity contribution in [2.45, 2.75) is 45.1 Å². The summed E-state index contributed by atoms with van der Waals surface area (Å²) in [6.45, 7) is 5.57. The molecule has 0 atom stereocenters. The highest BCUT2D eigenvalue weighted by Gasteiger charge is 2.29. The van der Waals surface area contributed by atoms with Crippen molar-refractivity contribution in [3.05, 3.63) is 41.5 Å². The van der Waals surface area contributed by atoms with E-state index < -0.39 is 0 Å². The molecule has 2 amide bonds. The number of carbonyl (C=O) groups is 1. The first-order valence-corrected chi connectivity index (χ1v) is 9.85. The SMILES string of the molecule is Cc1cccc(OCCNC(=O)N2CCC(c3nnc4n3CCC4)CC2)c1. The van der Waals surface area contributed by atoms with Gasteiger partial charge in [-0.1, -0.05) is 12.1 Å². The molecule has 2 aliphatic rings. The monoisotopic (exact) mass is 369 g/mol. The summed E-state index contributed by atoms with van der Waals surface area (Å²) in [5, 5.41) is 11.7. The highest BCUT2D eigenvalue weighted by molar-refractivity contribution is 5.74. The molecular formula is C20H27N5O2. The van der Waals surface area contributed by atoms with Crippen LogP contribution in [0.25, 0.3) is 0 Å². The van der Waals surface area contributed by atoms with Gasteiger partial charge in [-0.15, -0.1) is 10.2 Å². The van der Waals surface area contributed by atoms with E-state index in [9.17, 15) is 4.79 Å². The molecule has 0 bridgehead atoms. The molecule has 0 spiro atoms. The van der Waals surface area contributed by atoms with Crippen LogP contribution in [-0.4, -0.2) is 51.9 Å². The molecule has 4 rings (SSSR count). The third-order valence-corrected chi connectivity index (χ3v) is 5.42. The number of nitrogens with one attached hydrogen (secondary N) is 1. The molecule has 0 radical (unpaired) electrons. The molecule has 0 saturated carbocycles. The Bertz CT molecular complexity index is 795. The van der Waals surface area contributed by atoms with Crippen LogP contribution in [0.4, 0.5) is 4.79 Å². The standard InChI is InChI=1S/C20H27N5O2/c1-15-4-2-5-17(14-15)27-13-9-21-20(26)24-11-7-16(8-12-24)19-23-22-18-6-3-10-25(18)19/h2,4-5,14,16H,3,6-13H2,1H3,(H,21,26). The maximum absolute atomic E-state index is 12.4. The minimum absolute atomic E-state index is 0.00670. The molecule has 0 unspecified atom stereocenters. The Morgan fingerprint density at radius 3 is 2.93 bits per heavy atom. The van der Waals surface area contributed by atoms with Crippen molar-refractivity contribution in [2.75, 3.05) is 26.2 Å². The van der Waals surface area contributed by atoms with E-state index >= 15 is 0 Å². The first kappa shape index (κ1) is 17.8. The molecule has 1 fully saturated rings. The average molecular weight is 369 g/mol. The Morgan fingerprint density at radius 2 is 2.11 bits per heavy atom. The summed E-state index contributed by atoms with van der Waals surface area (Å²) in [6, 6.07) is 7.92. The van der Waals surface area contributed by atoms with Crippen LogP contribution in [0.3, 0.4) is 0 Å². The number of hydrogen-bond donors (Lipinski definition) is 1. The lowest BCUT2D eigenvalue weighted by molar-refractivity contribution is 0.177. The molecule has 3 heterocycles. The predicted molar refractivity (Wildman–Crippen MR) is 102 cm³/mol. The number of fused-ring (bicyclic) bond motifs is 1. The van der Waals surface area contributed by atoms with Crippen molar-refractivity contribution in [3.8, 4) is 5.75 Å². The molecule has 144 valence electrons. The smallest absolute Gasteiger partial charge is 0.317 e. The maximum atomic E-state index is 12.4. The summed E-state index contributed by atoms with van der Waals surface area (Å²) < 4.78 is 7.96. The van der Waals surface area contributed by atoms with Gasteiger partial charge >= 0.3 is 6.03 Å². The fourth-order valence-corrected chi connectivity index (χ4v) is 3.96. The van der Waals surface area contributed by atoms with E-state index in [2.05, 4.69) is 20.1 Å². The van der Waals surface area contributed by atoms with Crippen LogP contribution in [0.1, 0.15) is 42.4 Å². The fourth-order valence-electron chi connectivity index (χ4n) is 3.96. The van der Waals surface area contributed by atoms with Crippen molar-refractivity contribution in [1.29, 1.82) is 0 Å². The summed E-state index contributed by atoms with van der Waals surface area (Å²) in [7, 11) is 0. The lowest BCUT2D eigenvalue weighted by atomic mass is 9.96. The van der Waals surface area contributed by atoms with E-state index in [4.69, 9.17) is 4.74 Å². The molecule has 1 aromatic heterocycles. The van der Waals surface area contributed by atoms with Gasteiger partial charge in [0.1, 0.15) is 24.0 Å². The highest BCUT2D eigenvalue weighted by Crippen LogP contribution is 2.29. The summed E-state index contributed by atoms with van der Waals surface area (Å²) in [5.41, 5.74) is 1.16. The Hall–Kier alpha value is -2.57. The molecule has 2 aliphatic heterocycles. The number of ether oxygens (including phenoxy) is 1.